The molecule has 24 heavy (non-hydrogen) atoms. The van der Waals surface area contributed by atoms with Crippen LogP contribution in [0, 0.1) is 11.8 Å². The quantitative estimate of drug-likeness (QED) is 0.878. The van der Waals surface area contributed by atoms with Crippen molar-refractivity contribution in [3.63, 3.8) is 0 Å². The van der Waals surface area contributed by atoms with E-state index in [1.165, 1.54) is 12.8 Å². The molecule has 2 atom stereocenters. The highest BCUT2D eigenvalue weighted by Gasteiger charge is 2.30. The summed E-state index contributed by atoms with van der Waals surface area (Å²) in [5, 5.41) is 7.54. The lowest BCUT2D eigenvalue weighted by Gasteiger charge is -2.38. The van der Waals surface area contributed by atoms with E-state index in [4.69, 9.17) is 11.6 Å². The third-order valence-corrected chi connectivity index (χ3v) is 5.72. The van der Waals surface area contributed by atoms with Crippen molar-refractivity contribution in [2.45, 2.75) is 32.2 Å². The van der Waals surface area contributed by atoms with Crippen LogP contribution in [0.4, 0.5) is 0 Å². The normalized spacial score (nSPS) is 23.9. The number of hydrogen-bond acceptors (Lipinski definition) is 3. The van der Waals surface area contributed by atoms with Crippen molar-refractivity contribution in [2.24, 2.45) is 11.8 Å². The maximum absolute atomic E-state index is 13.0. The van der Waals surface area contributed by atoms with Crippen LogP contribution < -0.4 is 10.6 Å². The molecule has 0 aromatic heterocycles. The van der Waals surface area contributed by atoms with E-state index < -0.39 is 0 Å². The summed E-state index contributed by atoms with van der Waals surface area (Å²) >= 11 is 6.15. The largest absolute Gasteiger partial charge is 0.333 e. The number of carbonyl (C=O) groups is 1. The molecule has 2 N–H and O–H groups in total. The van der Waals surface area contributed by atoms with Crippen LogP contribution in [0.25, 0.3) is 0 Å². The molecule has 0 aliphatic carbocycles. The maximum atomic E-state index is 13.0. The number of carbonyl (C=O) groups excluding carboxylic acids is 1. The Hall–Kier alpha value is -1.10. The van der Waals surface area contributed by atoms with Crippen molar-refractivity contribution >= 4 is 17.5 Å². The Labute approximate surface area is 149 Å². The summed E-state index contributed by atoms with van der Waals surface area (Å²) < 4.78 is 0. The summed E-state index contributed by atoms with van der Waals surface area (Å²) in [5.41, 5.74) is 1.12. The molecule has 2 fully saturated rings. The smallest absolute Gasteiger partial charge is 0.223 e. The van der Waals surface area contributed by atoms with Crippen molar-refractivity contribution in [1.82, 2.24) is 15.5 Å². The molecule has 2 unspecified atom stereocenters. The molecule has 1 aromatic rings. The minimum absolute atomic E-state index is 0.0881. The summed E-state index contributed by atoms with van der Waals surface area (Å²) in [6.45, 7) is 6.85. The molecular weight excluding hydrogens is 322 g/mol. The van der Waals surface area contributed by atoms with Crippen LogP contribution in [0.15, 0.2) is 24.3 Å². The van der Waals surface area contributed by atoms with Gasteiger partial charge < -0.3 is 15.5 Å². The zero-order chi connectivity index (χ0) is 16.9. The molecule has 5 heteroatoms. The Morgan fingerprint density at radius 1 is 1.29 bits per heavy atom. The first-order chi connectivity index (χ1) is 11.6. The molecule has 1 aromatic carbocycles. The van der Waals surface area contributed by atoms with Crippen LogP contribution >= 0.6 is 11.6 Å². The molecule has 0 radical (unpaired) electrons. The summed E-state index contributed by atoms with van der Waals surface area (Å²) in [7, 11) is 0. The van der Waals surface area contributed by atoms with Crippen molar-refractivity contribution in [1.29, 1.82) is 0 Å². The monoisotopic (exact) mass is 349 g/mol. The number of piperidine rings is 1. The third kappa shape index (κ3) is 4.29. The molecular formula is C19H28ClN3O. The van der Waals surface area contributed by atoms with E-state index in [0.717, 1.165) is 43.3 Å². The molecule has 2 saturated heterocycles. The van der Waals surface area contributed by atoms with E-state index in [1.807, 2.05) is 18.2 Å². The van der Waals surface area contributed by atoms with Gasteiger partial charge in [0.15, 0.2) is 0 Å². The second-order valence-corrected chi connectivity index (χ2v) is 7.57. The minimum atomic E-state index is 0.0881. The SMILES string of the molecule is CC(CC(=O)N1CCNCC1c1cccc(Cl)c1)C1CCNCC1. The Morgan fingerprint density at radius 3 is 2.83 bits per heavy atom. The fourth-order valence-corrected chi connectivity index (χ4v) is 4.19. The van der Waals surface area contributed by atoms with Gasteiger partial charge in [0.25, 0.3) is 0 Å². The van der Waals surface area contributed by atoms with E-state index >= 15 is 0 Å². The van der Waals surface area contributed by atoms with Crippen LogP contribution in [0.2, 0.25) is 5.02 Å². The molecule has 0 bridgehead atoms. The number of halogens is 1. The Kier molecular flexibility index (Phi) is 6.14. The van der Waals surface area contributed by atoms with Crippen LogP contribution in [-0.4, -0.2) is 43.5 Å². The second-order valence-electron chi connectivity index (χ2n) is 7.13. The first-order valence-corrected chi connectivity index (χ1v) is 9.49. The maximum Gasteiger partial charge on any atom is 0.223 e. The average molecular weight is 350 g/mol. The van der Waals surface area contributed by atoms with Gasteiger partial charge in [0.05, 0.1) is 6.04 Å². The van der Waals surface area contributed by atoms with Crippen molar-refractivity contribution < 1.29 is 4.79 Å². The molecule has 4 nitrogen and oxygen atoms in total. The number of benzene rings is 1. The van der Waals surface area contributed by atoms with Crippen molar-refractivity contribution in [3.05, 3.63) is 34.9 Å². The standard InChI is InChI=1S/C19H28ClN3O/c1-14(15-5-7-21-8-6-15)11-19(24)23-10-9-22-13-18(23)16-3-2-4-17(20)12-16/h2-4,12,14-15,18,21-22H,5-11,13H2,1H3. The number of amides is 1. The Balaban J connectivity index is 1.67. The van der Waals surface area contributed by atoms with Gasteiger partial charge in [-0.1, -0.05) is 30.7 Å². The fraction of sp³-hybridized carbons (Fsp3) is 0.632. The van der Waals surface area contributed by atoms with Gasteiger partial charge in [-0.05, 0) is 55.5 Å². The first-order valence-electron chi connectivity index (χ1n) is 9.11. The third-order valence-electron chi connectivity index (χ3n) is 5.48. The molecule has 2 aliphatic rings. The van der Waals surface area contributed by atoms with E-state index in [1.54, 1.807) is 0 Å². The Bertz CT molecular complexity index is 559. The molecule has 3 rings (SSSR count). The second kappa shape index (κ2) is 8.32. The Morgan fingerprint density at radius 2 is 2.08 bits per heavy atom. The van der Waals surface area contributed by atoms with Crippen LogP contribution in [0.1, 0.15) is 37.8 Å². The molecule has 132 valence electrons. The number of rotatable bonds is 4. The van der Waals surface area contributed by atoms with Gasteiger partial charge in [0.2, 0.25) is 5.91 Å². The molecule has 2 aliphatic heterocycles. The fourth-order valence-electron chi connectivity index (χ4n) is 3.99. The minimum Gasteiger partial charge on any atom is -0.333 e. The lowest BCUT2D eigenvalue weighted by molar-refractivity contribution is -0.136. The van der Waals surface area contributed by atoms with Crippen molar-refractivity contribution in [2.75, 3.05) is 32.7 Å². The topological polar surface area (TPSA) is 44.4 Å². The van der Waals surface area contributed by atoms with Gasteiger partial charge in [-0.2, -0.15) is 0 Å². The summed E-state index contributed by atoms with van der Waals surface area (Å²) in [6, 6.07) is 7.99. The lowest BCUT2D eigenvalue weighted by Crippen LogP contribution is -2.49. The predicted octanol–water partition coefficient (Wildman–Crippen LogP) is 2.84. The van der Waals surface area contributed by atoms with E-state index in [0.29, 0.717) is 18.3 Å². The lowest BCUT2D eigenvalue weighted by atomic mass is 9.83. The predicted molar refractivity (Wildman–Crippen MR) is 98.2 cm³/mol. The zero-order valence-corrected chi connectivity index (χ0v) is 15.2. The molecule has 2 heterocycles. The van der Waals surface area contributed by atoms with E-state index in [9.17, 15) is 4.79 Å². The highest BCUT2D eigenvalue weighted by atomic mass is 35.5. The number of nitrogens with zero attached hydrogens (tertiary/aromatic N) is 1. The van der Waals surface area contributed by atoms with Gasteiger partial charge >= 0.3 is 0 Å². The van der Waals surface area contributed by atoms with Gasteiger partial charge in [0, 0.05) is 31.1 Å². The van der Waals surface area contributed by atoms with Crippen LogP contribution in [0.5, 0.6) is 0 Å². The van der Waals surface area contributed by atoms with Crippen molar-refractivity contribution in [3.8, 4) is 0 Å². The molecule has 1 amide bonds. The van der Waals surface area contributed by atoms with Gasteiger partial charge in [0.1, 0.15) is 0 Å². The first kappa shape index (κ1) is 17.7. The zero-order valence-electron chi connectivity index (χ0n) is 14.4. The van der Waals surface area contributed by atoms with Gasteiger partial charge in [-0.25, -0.2) is 0 Å². The van der Waals surface area contributed by atoms with E-state index in [2.05, 4.69) is 28.5 Å². The number of nitrogens with one attached hydrogen (secondary N) is 2. The van der Waals surface area contributed by atoms with Gasteiger partial charge in [-0.3, -0.25) is 4.79 Å². The van der Waals surface area contributed by atoms with Crippen LogP contribution in [0.3, 0.4) is 0 Å². The summed E-state index contributed by atoms with van der Waals surface area (Å²) in [4.78, 5) is 15.0. The summed E-state index contributed by atoms with van der Waals surface area (Å²) in [5.74, 6) is 1.41. The molecule has 0 saturated carbocycles. The highest BCUT2D eigenvalue weighted by Crippen LogP contribution is 2.29. The van der Waals surface area contributed by atoms with Gasteiger partial charge in [-0.15, -0.1) is 0 Å². The number of hydrogen-bond donors (Lipinski definition) is 2. The average Bonchev–Trinajstić information content (AvgIpc) is 2.62. The summed E-state index contributed by atoms with van der Waals surface area (Å²) in [6.07, 6.45) is 3.03. The van der Waals surface area contributed by atoms with E-state index in [-0.39, 0.29) is 11.9 Å². The molecule has 0 spiro atoms. The van der Waals surface area contributed by atoms with Crippen LogP contribution in [-0.2, 0) is 4.79 Å². The highest BCUT2D eigenvalue weighted by molar-refractivity contribution is 6.30. The number of piperazine rings is 1.